The summed E-state index contributed by atoms with van der Waals surface area (Å²) in [5.41, 5.74) is 0. The van der Waals surface area contributed by atoms with Crippen LogP contribution in [0.3, 0.4) is 0 Å². The van der Waals surface area contributed by atoms with E-state index < -0.39 is 0 Å². The van der Waals surface area contributed by atoms with E-state index in [1.54, 1.807) is 0 Å². The molecule has 0 spiro atoms. The molecule has 2 fully saturated rings. The molecule has 1 unspecified atom stereocenters. The normalized spacial score (nSPS) is 25.3. The van der Waals surface area contributed by atoms with Gasteiger partial charge in [0.1, 0.15) is 6.04 Å². The molecule has 5 nitrogen and oxygen atoms in total. The smallest absolute Gasteiger partial charge is 0.323 e. The predicted molar refractivity (Wildman–Crippen MR) is 65.9 cm³/mol. The second-order valence-corrected chi connectivity index (χ2v) is 4.82. The number of likely N-dealkylation sites (tertiary alicyclic amines) is 1. The van der Waals surface area contributed by atoms with Crippen molar-refractivity contribution in [3.8, 4) is 0 Å². The van der Waals surface area contributed by atoms with Gasteiger partial charge in [-0.1, -0.05) is 0 Å². The van der Waals surface area contributed by atoms with E-state index in [0.717, 1.165) is 39.3 Å². The number of esters is 1. The zero-order valence-corrected chi connectivity index (χ0v) is 10.8. The highest BCUT2D eigenvalue weighted by atomic mass is 16.5. The predicted octanol–water partition coefficient (Wildman–Crippen LogP) is -0.473. The van der Waals surface area contributed by atoms with Gasteiger partial charge < -0.3 is 10.1 Å². The third kappa shape index (κ3) is 2.97. The second-order valence-electron chi connectivity index (χ2n) is 4.82. The Morgan fingerprint density at radius 1 is 1.41 bits per heavy atom. The fourth-order valence-corrected chi connectivity index (χ4v) is 2.49. The molecule has 2 saturated heterocycles. The molecule has 0 aliphatic carbocycles. The molecule has 2 aliphatic rings. The Labute approximate surface area is 103 Å². The van der Waals surface area contributed by atoms with E-state index in [1.807, 2.05) is 13.8 Å². The van der Waals surface area contributed by atoms with Gasteiger partial charge in [-0.3, -0.25) is 14.6 Å². The monoisotopic (exact) mass is 241 g/mol. The van der Waals surface area contributed by atoms with Crippen LogP contribution >= 0.6 is 0 Å². The summed E-state index contributed by atoms with van der Waals surface area (Å²) in [7, 11) is 0. The first-order valence-corrected chi connectivity index (χ1v) is 6.57. The van der Waals surface area contributed by atoms with Gasteiger partial charge in [-0.15, -0.1) is 0 Å². The number of carbonyl (C=O) groups is 1. The second kappa shape index (κ2) is 5.80. The van der Waals surface area contributed by atoms with Crippen LogP contribution in [0.25, 0.3) is 0 Å². The Morgan fingerprint density at radius 3 is 2.65 bits per heavy atom. The van der Waals surface area contributed by atoms with Gasteiger partial charge in [0.2, 0.25) is 0 Å². The molecule has 0 aromatic rings. The number of carbonyl (C=O) groups excluding carboxylic acids is 1. The van der Waals surface area contributed by atoms with E-state index >= 15 is 0 Å². The van der Waals surface area contributed by atoms with Crippen molar-refractivity contribution < 1.29 is 9.53 Å². The summed E-state index contributed by atoms with van der Waals surface area (Å²) in [6.45, 7) is 10.7. The van der Waals surface area contributed by atoms with Crippen LogP contribution < -0.4 is 5.32 Å². The van der Waals surface area contributed by atoms with Crippen LogP contribution in [0.1, 0.15) is 13.8 Å². The minimum Gasteiger partial charge on any atom is -0.465 e. The lowest BCUT2D eigenvalue weighted by Gasteiger charge is -2.48. The molecule has 0 amide bonds. The summed E-state index contributed by atoms with van der Waals surface area (Å²) in [4.78, 5) is 16.3. The average Bonchev–Trinajstić information content (AvgIpc) is 2.28. The molecule has 1 N–H and O–H groups in total. The van der Waals surface area contributed by atoms with Gasteiger partial charge >= 0.3 is 5.97 Å². The summed E-state index contributed by atoms with van der Waals surface area (Å²) >= 11 is 0. The number of rotatable bonds is 4. The first-order chi connectivity index (χ1) is 8.22. The van der Waals surface area contributed by atoms with Crippen LogP contribution in [0.15, 0.2) is 0 Å². The maximum Gasteiger partial charge on any atom is 0.323 e. The van der Waals surface area contributed by atoms with Gasteiger partial charge in [-0.25, -0.2) is 0 Å². The fraction of sp³-hybridized carbons (Fsp3) is 0.917. The Balaban J connectivity index is 1.72. The highest BCUT2D eigenvalue weighted by Crippen LogP contribution is 2.18. The van der Waals surface area contributed by atoms with Crippen LogP contribution in [0.2, 0.25) is 0 Å². The molecule has 0 aromatic carbocycles. The number of nitrogens with one attached hydrogen (secondary N) is 1. The van der Waals surface area contributed by atoms with Crippen LogP contribution in [0.4, 0.5) is 0 Å². The van der Waals surface area contributed by atoms with Crippen molar-refractivity contribution in [2.45, 2.75) is 25.9 Å². The molecule has 98 valence electrons. The lowest BCUT2D eigenvalue weighted by atomic mass is 10.0. The van der Waals surface area contributed by atoms with Crippen molar-refractivity contribution in [3.05, 3.63) is 0 Å². The van der Waals surface area contributed by atoms with E-state index in [-0.39, 0.29) is 12.0 Å². The lowest BCUT2D eigenvalue weighted by Crippen LogP contribution is -2.65. The Bertz CT molecular complexity index is 260. The molecular formula is C12H23N3O2. The number of nitrogens with zero attached hydrogens (tertiary/aromatic N) is 2. The molecule has 17 heavy (non-hydrogen) atoms. The van der Waals surface area contributed by atoms with Crippen molar-refractivity contribution in [1.82, 2.24) is 15.1 Å². The minimum absolute atomic E-state index is 0.0888. The van der Waals surface area contributed by atoms with Crippen molar-refractivity contribution in [2.75, 3.05) is 45.9 Å². The Kier molecular flexibility index (Phi) is 4.36. The summed E-state index contributed by atoms with van der Waals surface area (Å²) in [5, 5.41) is 3.36. The van der Waals surface area contributed by atoms with E-state index in [9.17, 15) is 4.79 Å². The van der Waals surface area contributed by atoms with Gasteiger partial charge in [0, 0.05) is 45.3 Å². The quantitative estimate of drug-likeness (QED) is 0.674. The molecule has 0 bridgehead atoms. The Morgan fingerprint density at radius 2 is 2.06 bits per heavy atom. The van der Waals surface area contributed by atoms with Gasteiger partial charge in [0.15, 0.2) is 0 Å². The largest absolute Gasteiger partial charge is 0.465 e. The Hall–Kier alpha value is -0.650. The van der Waals surface area contributed by atoms with Crippen LogP contribution in [0, 0.1) is 0 Å². The highest BCUT2D eigenvalue weighted by molar-refractivity contribution is 5.75. The third-order valence-electron chi connectivity index (χ3n) is 3.73. The lowest BCUT2D eigenvalue weighted by molar-refractivity contribution is -0.152. The average molecular weight is 241 g/mol. The van der Waals surface area contributed by atoms with Gasteiger partial charge in [0.05, 0.1) is 6.61 Å². The number of piperazine rings is 1. The molecule has 2 rings (SSSR count). The van der Waals surface area contributed by atoms with Crippen molar-refractivity contribution >= 4 is 5.97 Å². The molecule has 0 aromatic heterocycles. The summed E-state index contributed by atoms with van der Waals surface area (Å²) in [5.74, 6) is -0.0914. The summed E-state index contributed by atoms with van der Waals surface area (Å²) < 4.78 is 5.04. The highest BCUT2D eigenvalue weighted by Gasteiger charge is 2.37. The van der Waals surface area contributed by atoms with E-state index in [2.05, 4.69) is 15.1 Å². The molecular weight excluding hydrogens is 218 g/mol. The van der Waals surface area contributed by atoms with Gasteiger partial charge in [0.25, 0.3) is 0 Å². The first-order valence-electron chi connectivity index (χ1n) is 6.57. The standard InChI is InChI=1S/C12H23N3O2/c1-3-17-12(16)10(2)15-8-11(9-15)14-6-4-13-5-7-14/h10-11,13H,3-9H2,1-2H3. The number of hydrogen-bond acceptors (Lipinski definition) is 5. The summed E-state index contributed by atoms with van der Waals surface area (Å²) in [6.07, 6.45) is 0. The number of hydrogen-bond donors (Lipinski definition) is 1. The first kappa shape index (κ1) is 12.8. The molecule has 2 aliphatic heterocycles. The minimum atomic E-state index is -0.0914. The fourth-order valence-electron chi connectivity index (χ4n) is 2.49. The van der Waals surface area contributed by atoms with Crippen molar-refractivity contribution in [1.29, 1.82) is 0 Å². The van der Waals surface area contributed by atoms with Crippen molar-refractivity contribution in [2.24, 2.45) is 0 Å². The summed E-state index contributed by atoms with van der Waals surface area (Å²) in [6, 6.07) is 0.545. The SMILES string of the molecule is CCOC(=O)C(C)N1CC(N2CCNCC2)C1. The molecule has 0 radical (unpaired) electrons. The van der Waals surface area contributed by atoms with Crippen LogP contribution in [-0.4, -0.2) is 73.7 Å². The maximum atomic E-state index is 11.6. The molecule has 2 heterocycles. The van der Waals surface area contributed by atoms with E-state index in [4.69, 9.17) is 4.74 Å². The number of ether oxygens (including phenoxy) is 1. The topological polar surface area (TPSA) is 44.8 Å². The molecule has 1 atom stereocenters. The van der Waals surface area contributed by atoms with Crippen LogP contribution in [0.5, 0.6) is 0 Å². The zero-order chi connectivity index (χ0) is 12.3. The van der Waals surface area contributed by atoms with Crippen molar-refractivity contribution in [3.63, 3.8) is 0 Å². The van der Waals surface area contributed by atoms with Crippen LogP contribution in [-0.2, 0) is 9.53 Å². The molecule has 5 heteroatoms. The third-order valence-corrected chi connectivity index (χ3v) is 3.73. The van der Waals surface area contributed by atoms with E-state index in [1.165, 1.54) is 0 Å². The van der Waals surface area contributed by atoms with Gasteiger partial charge in [-0.2, -0.15) is 0 Å². The maximum absolute atomic E-state index is 11.6. The van der Waals surface area contributed by atoms with Gasteiger partial charge in [-0.05, 0) is 13.8 Å². The van der Waals surface area contributed by atoms with E-state index in [0.29, 0.717) is 12.6 Å². The molecule has 0 saturated carbocycles. The zero-order valence-electron chi connectivity index (χ0n) is 10.8.